The van der Waals surface area contributed by atoms with Gasteiger partial charge in [0, 0.05) is 31.2 Å². The Morgan fingerprint density at radius 3 is 2.03 bits per heavy atom. The lowest BCUT2D eigenvalue weighted by Crippen LogP contribution is -2.47. The molecule has 0 radical (unpaired) electrons. The van der Waals surface area contributed by atoms with Gasteiger partial charge < -0.3 is 4.90 Å². The molecular weight excluding hydrogens is 398 g/mol. The number of thiazole rings is 1. The molecule has 1 saturated heterocycles. The molecule has 1 aliphatic rings. The fraction of sp³-hybridized carbons (Fsp3) is 0.208. The number of benzene rings is 3. The van der Waals surface area contributed by atoms with E-state index in [1.807, 2.05) is 18.2 Å². The molecule has 5 heteroatoms. The highest BCUT2D eigenvalue weighted by atomic mass is 35.5. The van der Waals surface area contributed by atoms with E-state index in [2.05, 4.69) is 70.5 Å². The van der Waals surface area contributed by atoms with Crippen molar-refractivity contribution in [3.8, 4) is 0 Å². The number of hydrogen-bond acceptors (Lipinski definition) is 4. The number of hydrogen-bond donors (Lipinski definition) is 0. The summed E-state index contributed by atoms with van der Waals surface area (Å²) in [6.07, 6.45) is 0. The summed E-state index contributed by atoms with van der Waals surface area (Å²) in [4.78, 5) is 9.82. The van der Waals surface area contributed by atoms with Crippen LogP contribution in [0.1, 0.15) is 17.2 Å². The third-order valence-corrected chi connectivity index (χ3v) is 6.83. The van der Waals surface area contributed by atoms with Gasteiger partial charge in [0.25, 0.3) is 0 Å². The first-order valence-corrected chi connectivity index (χ1v) is 11.1. The minimum atomic E-state index is 0.286. The molecule has 0 saturated carbocycles. The summed E-state index contributed by atoms with van der Waals surface area (Å²) in [5.74, 6) is 0. The topological polar surface area (TPSA) is 19.4 Å². The van der Waals surface area contributed by atoms with E-state index in [-0.39, 0.29) is 6.04 Å². The van der Waals surface area contributed by atoms with Crippen LogP contribution >= 0.6 is 22.9 Å². The van der Waals surface area contributed by atoms with Gasteiger partial charge in [0.1, 0.15) is 0 Å². The van der Waals surface area contributed by atoms with E-state index in [9.17, 15) is 0 Å². The van der Waals surface area contributed by atoms with Crippen LogP contribution in [0.4, 0.5) is 5.13 Å². The van der Waals surface area contributed by atoms with Gasteiger partial charge in [-0.15, -0.1) is 0 Å². The fourth-order valence-corrected chi connectivity index (χ4v) is 5.37. The van der Waals surface area contributed by atoms with E-state index in [1.54, 1.807) is 11.3 Å². The Kier molecular flexibility index (Phi) is 5.23. The van der Waals surface area contributed by atoms with E-state index in [4.69, 9.17) is 16.6 Å². The molecule has 0 spiro atoms. The van der Waals surface area contributed by atoms with Gasteiger partial charge in [-0.05, 0) is 29.3 Å². The van der Waals surface area contributed by atoms with Crippen molar-refractivity contribution in [1.82, 2.24) is 9.88 Å². The van der Waals surface area contributed by atoms with Crippen LogP contribution in [0.3, 0.4) is 0 Å². The number of fused-ring (bicyclic) bond motifs is 1. The van der Waals surface area contributed by atoms with Crippen molar-refractivity contribution in [2.45, 2.75) is 6.04 Å². The van der Waals surface area contributed by atoms with Gasteiger partial charge in [0.2, 0.25) is 0 Å². The zero-order chi connectivity index (χ0) is 19.6. The van der Waals surface area contributed by atoms with E-state index >= 15 is 0 Å². The predicted molar refractivity (Wildman–Crippen MR) is 123 cm³/mol. The van der Waals surface area contributed by atoms with Gasteiger partial charge >= 0.3 is 0 Å². The zero-order valence-electron chi connectivity index (χ0n) is 16.0. The maximum atomic E-state index is 6.14. The lowest BCUT2D eigenvalue weighted by Gasteiger charge is -2.39. The number of rotatable bonds is 4. The Bertz CT molecular complexity index is 1050. The molecule has 1 aromatic heterocycles. The van der Waals surface area contributed by atoms with Crippen LogP contribution in [0.25, 0.3) is 10.2 Å². The number of anilines is 1. The van der Waals surface area contributed by atoms with Crippen LogP contribution in [0.15, 0.2) is 78.9 Å². The van der Waals surface area contributed by atoms with Crippen molar-refractivity contribution in [3.05, 3.63) is 95.0 Å². The first-order valence-electron chi connectivity index (χ1n) is 9.93. The largest absolute Gasteiger partial charge is 0.345 e. The Hall–Kier alpha value is -2.40. The van der Waals surface area contributed by atoms with Crippen LogP contribution < -0.4 is 4.90 Å². The lowest BCUT2D eigenvalue weighted by molar-refractivity contribution is 0.212. The van der Waals surface area contributed by atoms with Gasteiger partial charge in [-0.2, -0.15) is 0 Å². The Morgan fingerprint density at radius 1 is 0.793 bits per heavy atom. The maximum absolute atomic E-state index is 6.14. The standard InChI is InChI=1S/C24H22ClN3S/c25-20-11-12-21-22(17-20)29-24(26-21)28-15-13-27(14-16-28)23(18-7-3-1-4-8-18)19-9-5-2-6-10-19/h1-12,17,23H,13-16H2. The molecule has 1 fully saturated rings. The van der Waals surface area contributed by atoms with Crippen LogP contribution in [0, 0.1) is 0 Å². The third-order valence-electron chi connectivity index (χ3n) is 5.52. The number of piperazine rings is 1. The summed E-state index contributed by atoms with van der Waals surface area (Å²) >= 11 is 7.87. The number of halogens is 1. The summed E-state index contributed by atoms with van der Waals surface area (Å²) in [7, 11) is 0. The van der Waals surface area contributed by atoms with Crippen LogP contribution in [0.5, 0.6) is 0 Å². The molecule has 146 valence electrons. The van der Waals surface area contributed by atoms with Crippen molar-refractivity contribution >= 4 is 38.3 Å². The molecule has 4 aromatic rings. The Balaban J connectivity index is 1.37. The van der Waals surface area contributed by atoms with Gasteiger partial charge in [-0.1, -0.05) is 83.6 Å². The van der Waals surface area contributed by atoms with Gasteiger partial charge in [-0.3, -0.25) is 4.90 Å². The predicted octanol–water partition coefficient (Wildman–Crippen LogP) is 5.86. The third kappa shape index (κ3) is 3.88. The average Bonchev–Trinajstić information content (AvgIpc) is 3.19. The van der Waals surface area contributed by atoms with Crippen molar-refractivity contribution in [2.24, 2.45) is 0 Å². The van der Waals surface area contributed by atoms with Gasteiger partial charge in [0.05, 0.1) is 16.3 Å². The SMILES string of the molecule is Clc1ccc2nc(N3CCN(C(c4ccccc4)c4ccccc4)CC3)sc2c1. The minimum absolute atomic E-state index is 0.286. The molecule has 5 rings (SSSR count). The Morgan fingerprint density at radius 2 is 1.41 bits per heavy atom. The lowest BCUT2D eigenvalue weighted by atomic mass is 9.96. The summed E-state index contributed by atoms with van der Waals surface area (Å²) < 4.78 is 1.15. The summed E-state index contributed by atoms with van der Waals surface area (Å²) in [6.45, 7) is 3.96. The van der Waals surface area contributed by atoms with Gasteiger partial charge in [-0.25, -0.2) is 4.98 Å². The number of aromatic nitrogens is 1. The van der Waals surface area contributed by atoms with Crippen LogP contribution in [0.2, 0.25) is 5.02 Å². The normalized spacial score (nSPS) is 15.3. The molecule has 29 heavy (non-hydrogen) atoms. The summed E-state index contributed by atoms with van der Waals surface area (Å²) in [5, 5.41) is 1.86. The monoisotopic (exact) mass is 419 g/mol. The zero-order valence-corrected chi connectivity index (χ0v) is 17.6. The molecule has 0 atom stereocenters. The van der Waals surface area contributed by atoms with Crippen molar-refractivity contribution in [1.29, 1.82) is 0 Å². The van der Waals surface area contributed by atoms with Crippen molar-refractivity contribution < 1.29 is 0 Å². The highest BCUT2D eigenvalue weighted by molar-refractivity contribution is 7.22. The Labute approximate surface area is 180 Å². The van der Waals surface area contributed by atoms with Crippen LogP contribution in [-0.4, -0.2) is 36.1 Å². The quantitative estimate of drug-likeness (QED) is 0.413. The second-order valence-electron chi connectivity index (χ2n) is 7.36. The molecule has 0 bridgehead atoms. The molecule has 1 aliphatic heterocycles. The highest BCUT2D eigenvalue weighted by Gasteiger charge is 2.27. The highest BCUT2D eigenvalue weighted by Crippen LogP contribution is 2.33. The number of nitrogens with zero attached hydrogens (tertiary/aromatic N) is 3. The fourth-order valence-electron chi connectivity index (χ4n) is 4.08. The second kappa shape index (κ2) is 8.15. The van der Waals surface area contributed by atoms with Gasteiger partial charge in [0.15, 0.2) is 5.13 Å². The second-order valence-corrected chi connectivity index (χ2v) is 8.80. The molecule has 2 heterocycles. The molecule has 0 amide bonds. The van der Waals surface area contributed by atoms with E-state index in [0.717, 1.165) is 46.5 Å². The molecule has 3 nitrogen and oxygen atoms in total. The summed E-state index contributed by atoms with van der Waals surface area (Å²) in [6, 6.07) is 27.9. The first kappa shape index (κ1) is 18.6. The molecule has 0 N–H and O–H groups in total. The van der Waals surface area contributed by atoms with E-state index < -0.39 is 0 Å². The van der Waals surface area contributed by atoms with E-state index in [0.29, 0.717) is 0 Å². The van der Waals surface area contributed by atoms with E-state index in [1.165, 1.54) is 11.1 Å². The van der Waals surface area contributed by atoms with Crippen molar-refractivity contribution in [3.63, 3.8) is 0 Å². The molecule has 0 aliphatic carbocycles. The molecule has 3 aromatic carbocycles. The average molecular weight is 420 g/mol. The first-order chi connectivity index (χ1) is 14.3. The maximum Gasteiger partial charge on any atom is 0.186 e. The molecular formula is C24H22ClN3S. The molecule has 0 unspecified atom stereocenters. The van der Waals surface area contributed by atoms with Crippen LogP contribution in [-0.2, 0) is 0 Å². The summed E-state index contributed by atoms with van der Waals surface area (Å²) in [5.41, 5.74) is 3.73. The smallest absolute Gasteiger partial charge is 0.186 e. The van der Waals surface area contributed by atoms with Crippen molar-refractivity contribution in [2.75, 3.05) is 31.1 Å². The minimum Gasteiger partial charge on any atom is -0.345 e.